The Morgan fingerprint density at radius 3 is 2.14 bits per heavy atom. The number of benzene rings is 2. The third kappa shape index (κ3) is 4.30. The van der Waals surface area contributed by atoms with Crippen LogP contribution in [-0.2, 0) is 6.54 Å². The van der Waals surface area contributed by atoms with E-state index in [1.165, 1.54) is 17.7 Å². The van der Waals surface area contributed by atoms with Crippen LogP contribution in [-0.4, -0.2) is 7.11 Å². The van der Waals surface area contributed by atoms with Crippen LogP contribution in [0.5, 0.6) is 5.75 Å². The smallest absolute Gasteiger partial charge is 0.123 e. The van der Waals surface area contributed by atoms with Crippen molar-refractivity contribution in [2.45, 2.75) is 26.4 Å². The molecule has 0 heterocycles. The lowest BCUT2D eigenvalue weighted by atomic mass is 9.95. The quantitative estimate of drug-likeness (QED) is 0.854. The molecule has 2 aromatic rings. The molecule has 3 heteroatoms. The summed E-state index contributed by atoms with van der Waals surface area (Å²) in [5.74, 6) is 1.09. The zero-order chi connectivity index (χ0) is 15.2. The Morgan fingerprint density at radius 2 is 1.62 bits per heavy atom. The second kappa shape index (κ2) is 7.23. The van der Waals surface area contributed by atoms with Crippen LogP contribution in [0.2, 0.25) is 0 Å². The summed E-state index contributed by atoms with van der Waals surface area (Å²) in [6, 6.07) is 14.9. The van der Waals surface area contributed by atoms with Gasteiger partial charge in [-0.2, -0.15) is 0 Å². The van der Waals surface area contributed by atoms with Crippen molar-refractivity contribution in [1.29, 1.82) is 0 Å². The van der Waals surface area contributed by atoms with Crippen molar-refractivity contribution in [2.24, 2.45) is 5.92 Å². The van der Waals surface area contributed by atoms with Gasteiger partial charge in [0.05, 0.1) is 7.11 Å². The third-order valence-corrected chi connectivity index (χ3v) is 3.58. The number of rotatable bonds is 6. The third-order valence-electron chi connectivity index (χ3n) is 3.58. The number of ether oxygens (including phenoxy) is 1. The summed E-state index contributed by atoms with van der Waals surface area (Å²) in [4.78, 5) is 0. The van der Waals surface area contributed by atoms with Crippen molar-refractivity contribution in [1.82, 2.24) is 5.32 Å². The van der Waals surface area contributed by atoms with E-state index in [2.05, 4.69) is 19.2 Å². The predicted molar refractivity (Wildman–Crippen MR) is 83.8 cm³/mol. The molecule has 0 aliphatic rings. The van der Waals surface area contributed by atoms with E-state index >= 15 is 0 Å². The van der Waals surface area contributed by atoms with E-state index in [-0.39, 0.29) is 11.9 Å². The first-order chi connectivity index (χ1) is 10.1. The molecule has 1 atom stereocenters. The van der Waals surface area contributed by atoms with Gasteiger partial charge in [-0.3, -0.25) is 0 Å². The van der Waals surface area contributed by atoms with Gasteiger partial charge in [0.2, 0.25) is 0 Å². The van der Waals surface area contributed by atoms with Crippen LogP contribution in [0.3, 0.4) is 0 Å². The summed E-state index contributed by atoms with van der Waals surface area (Å²) in [5.41, 5.74) is 2.31. The van der Waals surface area contributed by atoms with Crippen molar-refractivity contribution < 1.29 is 9.13 Å². The van der Waals surface area contributed by atoms with Crippen LogP contribution in [0.1, 0.15) is 31.0 Å². The highest BCUT2D eigenvalue weighted by molar-refractivity contribution is 5.27. The Balaban J connectivity index is 2.04. The second-order valence-electron chi connectivity index (χ2n) is 5.50. The molecule has 1 N–H and O–H groups in total. The highest BCUT2D eigenvalue weighted by Crippen LogP contribution is 2.22. The van der Waals surface area contributed by atoms with Crippen LogP contribution >= 0.6 is 0 Å². The van der Waals surface area contributed by atoms with Gasteiger partial charge in [0.15, 0.2) is 0 Å². The zero-order valence-corrected chi connectivity index (χ0v) is 12.8. The van der Waals surface area contributed by atoms with Gasteiger partial charge in [0, 0.05) is 12.6 Å². The molecule has 0 aliphatic carbocycles. The monoisotopic (exact) mass is 287 g/mol. The van der Waals surface area contributed by atoms with E-state index in [1.54, 1.807) is 7.11 Å². The van der Waals surface area contributed by atoms with Crippen molar-refractivity contribution in [3.63, 3.8) is 0 Å². The summed E-state index contributed by atoms with van der Waals surface area (Å²) in [5, 5.41) is 3.55. The molecule has 0 aromatic heterocycles. The molecule has 0 bridgehead atoms. The normalized spacial score (nSPS) is 12.4. The molecule has 0 saturated carbocycles. The maximum Gasteiger partial charge on any atom is 0.123 e. The summed E-state index contributed by atoms with van der Waals surface area (Å²) in [6.07, 6.45) is 0. The minimum absolute atomic E-state index is 0.198. The van der Waals surface area contributed by atoms with Gasteiger partial charge in [-0.25, -0.2) is 4.39 Å². The molecule has 0 aliphatic heterocycles. The zero-order valence-electron chi connectivity index (χ0n) is 12.8. The van der Waals surface area contributed by atoms with E-state index in [0.29, 0.717) is 5.92 Å². The van der Waals surface area contributed by atoms with Crippen LogP contribution < -0.4 is 10.1 Å². The highest BCUT2D eigenvalue weighted by Gasteiger charge is 2.15. The summed E-state index contributed by atoms with van der Waals surface area (Å²) < 4.78 is 18.2. The molecule has 0 radical (unpaired) electrons. The topological polar surface area (TPSA) is 21.3 Å². The maximum absolute atomic E-state index is 13.0. The van der Waals surface area contributed by atoms with Gasteiger partial charge in [0.1, 0.15) is 11.6 Å². The number of hydrogen-bond acceptors (Lipinski definition) is 2. The molecule has 0 saturated heterocycles. The SMILES string of the molecule is COc1ccc(CNC(c2ccc(F)cc2)C(C)C)cc1. The first-order valence-electron chi connectivity index (χ1n) is 7.22. The predicted octanol–water partition coefficient (Wildman–Crippen LogP) is 4.32. The van der Waals surface area contributed by atoms with Crippen LogP contribution in [0.4, 0.5) is 4.39 Å². The van der Waals surface area contributed by atoms with Gasteiger partial charge in [-0.05, 0) is 41.3 Å². The first kappa shape index (κ1) is 15.5. The Bertz CT molecular complexity index is 548. The molecule has 0 amide bonds. The number of methoxy groups -OCH3 is 1. The molecule has 112 valence electrons. The Kier molecular flexibility index (Phi) is 5.34. The largest absolute Gasteiger partial charge is 0.497 e. The van der Waals surface area contributed by atoms with E-state index in [0.717, 1.165) is 17.9 Å². The molecule has 2 nitrogen and oxygen atoms in total. The van der Waals surface area contributed by atoms with Crippen LogP contribution in [0, 0.1) is 11.7 Å². The van der Waals surface area contributed by atoms with Gasteiger partial charge >= 0.3 is 0 Å². The van der Waals surface area contributed by atoms with E-state index in [1.807, 2.05) is 36.4 Å². The Hall–Kier alpha value is -1.87. The lowest BCUT2D eigenvalue weighted by Crippen LogP contribution is -2.25. The summed E-state index contributed by atoms with van der Waals surface area (Å²) >= 11 is 0. The fourth-order valence-corrected chi connectivity index (χ4v) is 2.38. The number of nitrogens with one attached hydrogen (secondary N) is 1. The average Bonchev–Trinajstić information content (AvgIpc) is 2.49. The summed E-state index contributed by atoms with van der Waals surface area (Å²) in [7, 11) is 1.66. The molecule has 1 unspecified atom stereocenters. The highest BCUT2D eigenvalue weighted by atomic mass is 19.1. The van der Waals surface area contributed by atoms with Crippen molar-refractivity contribution in [2.75, 3.05) is 7.11 Å². The molecule has 0 spiro atoms. The van der Waals surface area contributed by atoms with Crippen molar-refractivity contribution >= 4 is 0 Å². The molecular formula is C18H22FNO. The van der Waals surface area contributed by atoms with E-state index in [9.17, 15) is 4.39 Å². The van der Waals surface area contributed by atoms with Gasteiger partial charge in [0.25, 0.3) is 0 Å². The number of hydrogen-bond donors (Lipinski definition) is 1. The van der Waals surface area contributed by atoms with E-state index < -0.39 is 0 Å². The van der Waals surface area contributed by atoms with Crippen molar-refractivity contribution in [3.8, 4) is 5.75 Å². The number of halogens is 1. The first-order valence-corrected chi connectivity index (χ1v) is 7.22. The molecule has 0 fully saturated rings. The molecule has 2 rings (SSSR count). The van der Waals surface area contributed by atoms with Gasteiger partial charge in [-0.15, -0.1) is 0 Å². The average molecular weight is 287 g/mol. The molecular weight excluding hydrogens is 265 g/mol. The second-order valence-corrected chi connectivity index (χ2v) is 5.50. The Morgan fingerprint density at radius 1 is 1.00 bits per heavy atom. The minimum Gasteiger partial charge on any atom is -0.497 e. The fourth-order valence-electron chi connectivity index (χ4n) is 2.38. The molecule has 2 aromatic carbocycles. The standard InChI is InChI=1S/C18H22FNO/c1-13(2)18(15-6-8-16(19)9-7-15)20-12-14-4-10-17(21-3)11-5-14/h4-11,13,18,20H,12H2,1-3H3. The van der Waals surface area contributed by atoms with E-state index in [4.69, 9.17) is 4.74 Å². The lowest BCUT2D eigenvalue weighted by Gasteiger charge is -2.23. The van der Waals surface area contributed by atoms with Gasteiger partial charge < -0.3 is 10.1 Å². The summed E-state index contributed by atoms with van der Waals surface area (Å²) in [6.45, 7) is 5.09. The van der Waals surface area contributed by atoms with Crippen LogP contribution in [0.25, 0.3) is 0 Å². The van der Waals surface area contributed by atoms with Crippen LogP contribution in [0.15, 0.2) is 48.5 Å². The maximum atomic E-state index is 13.0. The fraction of sp³-hybridized carbons (Fsp3) is 0.333. The molecule has 21 heavy (non-hydrogen) atoms. The minimum atomic E-state index is -0.198. The Labute approximate surface area is 126 Å². The van der Waals surface area contributed by atoms with Crippen molar-refractivity contribution in [3.05, 3.63) is 65.5 Å². The van der Waals surface area contributed by atoms with Gasteiger partial charge in [-0.1, -0.05) is 38.1 Å². The lowest BCUT2D eigenvalue weighted by molar-refractivity contribution is 0.407.